The smallest absolute Gasteiger partial charge is 0.343 e. The van der Waals surface area contributed by atoms with Gasteiger partial charge in [0.25, 0.3) is 0 Å². The SMILES string of the molecule is COc1cc(C=O)ccc1OC(=O)c1ccc(Oc2ccc(C=O)cc2OC)c(OC)c1. The number of aldehydes is 2. The van der Waals surface area contributed by atoms with Crippen molar-refractivity contribution < 1.29 is 38.1 Å². The zero-order valence-corrected chi connectivity index (χ0v) is 17.6. The number of rotatable bonds is 9. The van der Waals surface area contributed by atoms with Crippen LogP contribution in [0.4, 0.5) is 0 Å². The molecular weight excluding hydrogens is 416 g/mol. The largest absolute Gasteiger partial charge is 0.493 e. The highest BCUT2D eigenvalue weighted by atomic mass is 16.6. The van der Waals surface area contributed by atoms with Crippen LogP contribution in [0.2, 0.25) is 0 Å². The summed E-state index contributed by atoms with van der Waals surface area (Å²) in [5.41, 5.74) is 1.04. The average Bonchev–Trinajstić information content (AvgIpc) is 2.84. The Kier molecular flexibility index (Phi) is 7.07. The summed E-state index contributed by atoms with van der Waals surface area (Å²) in [6.45, 7) is 0. The molecule has 0 fully saturated rings. The van der Waals surface area contributed by atoms with Crippen LogP contribution in [-0.2, 0) is 0 Å². The van der Waals surface area contributed by atoms with Gasteiger partial charge < -0.3 is 23.7 Å². The van der Waals surface area contributed by atoms with Crippen molar-refractivity contribution in [3.05, 3.63) is 71.3 Å². The van der Waals surface area contributed by atoms with Gasteiger partial charge in [0.1, 0.15) is 12.6 Å². The second-order valence-corrected chi connectivity index (χ2v) is 6.41. The molecule has 3 rings (SSSR count). The predicted octanol–water partition coefficient (Wildman–Crippen LogP) is 4.35. The summed E-state index contributed by atoms with van der Waals surface area (Å²) in [7, 11) is 4.31. The summed E-state index contributed by atoms with van der Waals surface area (Å²) < 4.78 is 27.1. The topological polar surface area (TPSA) is 97.4 Å². The van der Waals surface area contributed by atoms with Crippen molar-refractivity contribution in [2.75, 3.05) is 21.3 Å². The minimum Gasteiger partial charge on any atom is -0.493 e. The Balaban J connectivity index is 1.85. The highest BCUT2D eigenvalue weighted by Crippen LogP contribution is 2.37. The van der Waals surface area contributed by atoms with E-state index in [2.05, 4.69) is 0 Å². The Bertz CT molecular complexity index is 1150. The molecule has 0 saturated carbocycles. The predicted molar refractivity (Wildman–Crippen MR) is 115 cm³/mol. The lowest BCUT2D eigenvalue weighted by atomic mass is 10.2. The second kappa shape index (κ2) is 10.1. The Labute approximate surface area is 184 Å². The molecule has 0 N–H and O–H groups in total. The van der Waals surface area contributed by atoms with Crippen LogP contribution >= 0.6 is 0 Å². The summed E-state index contributed by atoms with van der Waals surface area (Å²) >= 11 is 0. The lowest BCUT2D eigenvalue weighted by Crippen LogP contribution is -2.10. The zero-order valence-electron chi connectivity index (χ0n) is 17.6. The van der Waals surface area contributed by atoms with E-state index in [0.29, 0.717) is 40.9 Å². The van der Waals surface area contributed by atoms with Gasteiger partial charge in [-0.2, -0.15) is 0 Å². The van der Waals surface area contributed by atoms with Crippen LogP contribution in [0, 0.1) is 0 Å². The van der Waals surface area contributed by atoms with E-state index >= 15 is 0 Å². The van der Waals surface area contributed by atoms with E-state index in [1.54, 1.807) is 24.3 Å². The zero-order chi connectivity index (χ0) is 23.1. The number of carbonyl (C=O) groups excluding carboxylic acids is 3. The highest BCUT2D eigenvalue weighted by Gasteiger charge is 2.17. The van der Waals surface area contributed by atoms with Gasteiger partial charge in [-0.25, -0.2) is 4.79 Å². The molecule has 0 unspecified atom stereocenters. The van der Waals surface area contributed by atoms with Crippen LogP contribution in [0.3, 0.4) is 0 Å². The third-order valence-electron chi connectivity index (χ3n) is 4.47. The molecule has 3 aromatic rings. The molecule has 8 heteroatoms. The van der Waals surface area contributed by atoms with Gasteiger partial charge in [-0.3, -0.25) is 9.59 Å². The van der Waals surface area contributed by atoms with E-state index in [1.807, 2.05) is 0 Å². The molecule has 0 aliphatic rings. The van der Waals surface area contributed by atoms with Crippen molar-refractivity contribution in [3.8, 4) is 34.5 Å². The van der Waals surface area contributed by atoms with E-state index < -0.39 is 5.97 Å². The lowest BCUT2D eigenvalue weighted by Gasteiger charge is -2.14. The molecule has 3 aromatic carbocycles. The molecule has 0 aliphatic carbocycles. The molecule has 0 aromatic heterocycles. The van der Waals surface area contributed by atoms with E-state index in [4.69, 9.17) is 23.7 Å². The van der Waals surface area contributed by atoms with Crippen LogP contribution in [0.1, 0.15) is 31.1 Å². The molecule has 0 aliphatic heterocycles. The van der Waals surface area contributed by atoms with Gasteiger partial charge in [0.2, 0.25) is 0 Å². The summed E-state index contributed by atoms with van der Waals surface area (Å²) in [6, 6.07) is 13.7. The van der Waals surface area contributed by atoms with Crippen molar-refractivity contribution >= 4 is 18.5 Å². The fourth-order valence-electron chi connectivity index (χ4n) is 2.84. The molecule has 0 spiro atoms. The van der Waals surface area contributed by atoms with Gasteiger partial charge in [-0.05, 0) is 54.6 Å². The first kappa shape index (κ1) is 22.4. The number of ether oxygens (including phenoxy) is 5. The fourth-order valence-corrected chi connectivity index (χ4v) is 2.84. The molecule has 32 heavy (non-hydrogen) atoms. The molecule has 0 bridgehead atoms. The van der Waals surface area contributed by atoms with Crippen molar-refractivity contribution in [2.24, 2.45) is 0 Å². The maximum Gasteiger partial charge on any atom is 0.343 e. The Morgan fingerprint density at radius 1 is 0.625 bits per heavy atom. The van der Waals surface area contributed by atoms with Crippen molar-refractivity contribution in [1.82, 2.24) is 0 Å². The van der Waals surface area contributed by atoms with Crippen molar-refractivity contribution in [2.45, 2.75) is 0 Å². The van der Waals surface area contributed by atoms with Crippen LogP contribution in [0.5, 0.6) is 34.5 Å². The Morgan fingerprint density at radius 3 is 1.62 bits per heavy atom. The second-order valence-electron chi connectivity index (χ2n) is 6.41. The number of carbonyl (C=O) groups is 3. The standard InChI is InChI=1S/C24H20O8/c1-28-21-10-15(13-25)4-7-18(21)31-19-9-6-17(12-23(19)30-3)24(27)32-20-8-5-16(14-26)11-22(20)29-2/h4-14H,1-3H3. The van der Waals surface area contributed by atoms with Crippen LogP contribution < -0.4 is 23.7 Å². The van der Waals surface area contributed by atoms with Crippen molar-refractivity contribution in [3.63, 3.8) is 0 Å². The van der Waals surface area contributed by atoms with Gasteiger partial charge in [0, 0.05) is 11.1 Å². The minimum absolute atomic E-state index is 0.169. The molecular formula is C24H20O8. The Morgan fingerprint density at radius 2 is 1.09 bits per heavy atom. The minimum atomic E-state index is -0.653. The quantitative estimate of drug-likeness (QED) is 0.277. The first-order chi connectivity index (χ1) is 15.5. The normalized spacial score (nSPS) is 10.1. The molecule has 0 heterocycles. The van der Waals surface area contributed by atoms with Gasteiger partial charge in [-0.15, -0.1) is 0 Å². The number of hydrogen-bond donors (Lipinski definition) is 0. The third kappa shape index (κ3) is 4.86. The maximum atomic E-state index is 12.6. The lowest BCUT2D eigenvalue weighted by molar-refractivity contribution is 0.0729. The van der Waals surface area contributed by atoms with Gasteiger partial charge in [-0.1, -0.05) is 0 Å². The van der Waals surface area contributed by atoms with Gasteiger partial charge in [0.05, 0.1) is 26.9 Å². The highest BCUT2D eigenvalue weighted by molar-refractivity contribution is 5.92. The van der Waals surface area contributed by atoms with Gasteiger partial charge >= 0.3 is 5.97 Å². The van der Waals surface area contributed by atoms with E-state index in [-0.39, 0.29) is 22.8 Å². The van der Waals surface area contributed by atoms with E-state index in [1.165, 1.54) is 51.7 Å². The summed E-state index contributed by atoms with van der Waals surface area (Å²) in [5, 5.41) is 0. The summed E-state index contributed by atoms with van der Waals surface area (Å²) in [6.07, 6.45) is 1.37. The van der Waals surface area contributed by atoms with E-state index in [9.17, 15) is 14.4 Å². The number of hydrogen-bond acceptors (Lipinski definition) is 8. The van der Waals surface area contributed by atoms with Crippen LogP contribution in [0.15, 0.2) is 54.6 Å². The monoisotopic (exact) mass is 436 g/mol. The molecule has 0 saturated heterocycles. The van der Waals surface area contributed by atoms with Crippen LogP contribution in [-0.4, -0.2) is 39.9 Å². The molecule has 164 valence electrons. The fraction of sp³-hybridized carbons (Fsp3) is 0.125. The number of methoxy groups -OCH3 is 3. The first-order valence-electron chi connectivity index (χ1n) is 9.37. The average molecular weight is 436 g/mol. The first-order valence-corrected chi connectivity index (χ1v) is 9.37. The van der Waals surface area contributed by atoms with Crippen LogP contribution in [0.25, 0.3) is 0 Å². The van der Waals surface area contributed by atoms with Crippen molar-refractivity contribution in [1.29, 1.82) is 0 Å². The molecule has 0 radical (unpaired) electrons. The molecule has 8 nitrogen and oxygen atoms in total. The number of esters is 1. The van der Waals surface area contributed by atoms with Gasteiger partial charge in [0.15, 0.2) is 34.5 Å². The molecule has 0 atom stereocenters. The maximum absolute atomic E-state index is 12.6. The molecule has 0 amide bonds. The summed E-state index contributed by atoms with van der Waals surface area (Å²) in [4.78, 5) is 34.5. The Hall–Kier alpha value is -4.33. The summed E-state index contributed by atoms with van der Waals surface area (Å²) in [5.74, 6) is 1.11. The third-order valence-corrected chi connectivity index (χ3v) is 4.47. The van der Waals surface area contributed by atoms with E-state index in [0.717, 1.165) is 0 Å². The number of benzene rings is 3.